The van der Waals surface area contributed by atoms with E-state index in [0.29, 0.717) is 11.5 Å². The molecule has 3 heteroatoms. The van der Waals surface area contributed by atoms with Crippen LogP contribution in [0.15, 0.2) is 0 Å². The fourth-order valence-corrected chi connectivity index (χ4v) is 2.76. The van der Waals surface area contributed by atoms with Crippen molar-refractivity contribution in [1.82, 2.24) is 4.90 Å². The molecule has 0 aromatic heterocycles. The van der Waals surface area contributed by atoms with Crippen molar-refractivity contribution < 1.29 is 5.11 Å². The van der Waals surface area contributed by atoms with Gasteiger partial charge in [-0.2, -0.15) is 0 Å². The SMILES string of the molecule is CC(CC(C)(N)CO)N1CCC(C(C)(C)C)C1. The lowest BCUT2D eigenvalue weighted by Crippen LogP contribution is -2.46. The van der Waals surface area contributed by atoms with Crippen molar-refractivity contribution in [2.75, 3.05) is 19.7 Å². The average Bonchev–Trinajstić information content (AvgIpc) is 2.65. The van der Waals surface area contributed by atoms with Gasteiger partial charge >= 0.3 is 0 Å². The van der Waals surface area contributed by atoms with Crippen LogP contribution in [0.2, 0.25) is 0 Å². The van der Waals surface area contributed by atoms with Crippen LogP contribution in [-0.2, 0) is 0 Å². The number of aliphatic hydroxyl groups is 1. The molecule has 0 spiro atoms. The van der Waals surface area contributed by atoms with Crippen LogP contribution >= 0.6 is 0 Å². The molecule has 3 unspecified atom stereocenters. The molecule has 0 aromatic rings. The molecule has 0 saturated carbocycles. The van der Waals surface area contributed by atoms with Gasteiger partial charge in [0.15, 0.2) is 0 Å². The van der Waals surface area contributed by atoms with Gasteiger partial charge in [-0.15, -0.1) is 0 Å². The predicted octanol–water partition coefficient (Wildman–Crippen LogP) is 1.84. The molecule has 0 radical (unpaired) electrons. The Morgan fingerprint density at radius 2 is 1.94 bits per heavy atom. The highest BCUT2D eigenvalue weighted by atomic mass is 16.3. The van der Waals surface area contributed by atoms with Crippen LogP contribution in [0, 0.1) is 11.3 Å². The number of rotatable bonds is 4. The first-order valence-electron chi connectivity index (χ1n) is 6.79. The van der Waals surface area contributed by atoms with Crippen molar-refractivity contribution in [1.29, 1.82) is 0 Å². The van der Waals surface area contributed by atoms with E-state index < -0.39 is 5.54 Å². The van der Waals surface area contributed by atoms with E-state index in [1.54, 1.807) is 0 Å². The summed E-state index contributed by atoms with van der Waals surface area (Å²) in [6, 6.07) is 0.462. The molecule has 1 heterocycles. The van der Waals surface area contributed by atoms with E-state index in [-0.39, 0.29) is 6.61 Å². The van der Waals surface area contributed by atoms with Gasteiger partial charge in [-0.25, -0.2) is 0 Å². The molecule has 0 amide bonds. The lowest BCUT2D eigenvalue weighted by Gasteiger charge is -2.33. The third-order valence-corrected chi connectivity index (χ3v) is 4.19. The molecule has 3 N–H and O–H groups in total. The summed E-state index contributed by atoms with van der Waals surface area (Å²) in [4.78, 5) is 2.52. The third-order valence-electron chi connectivity index (χ3n) is 4.19. The Morgan fingerprint density at radius 3 is 2.35 bits per heavy atom. The minimum atomic E-state index is -0.445. The predicted molar refractivity (Wildman–Crippen MR) is 72.9 cm³/mol. The zero-order chi connectivity index (χ0) is 13.3. The summed E-state index contributed by atoms with van der Waals surface area (Å²) in [6.45, 7) is 13.5. The molecule has 1 rings (SSSR count). The monoisotopic (exact) mass is 242 g/mol. The minimum absolute atomic E-state index is 0.0634. The fraction of sp³-hybridized carbons (Fsp3) is 1.00. The van der Waals surface area contributed by atoms with Crippen molar-refractivity contribution in [2.45, 2.75) is 59.0 Å². The van der Waals surface area contributed by atoms with Crippen molar-refractivity contribution >= 4 is 0 Å². The first-order valence-corrected chi connectivity index (χ1v) is 6.79. The van der Waals surface area contributed by atoms with Gasteiger partial charge in [0.1, 0.15) is 0 Å². The largest absolute Gasteiger partial charge is 0.394 e. The summed E-state index contributed by atoms with van der Waals surface area (Å²) in [7, 11) is 0. The molecule has 3 nitrogen and oxygen atoms in total. The van der Waals surface area contributed by atoms with Crippen molar-refractivity contribution in [3.8, 4) is 0 Å². The molecular formula is C14H30N2O. The molecule has 1 aliphatic rings. The molecular weight excluding hydrogens is 212 g/mol. The van der Waals surface area contributed by atoms with Gasteiger partial charge in [-0.05, 0) is 44.6 Å². The zero-order valence-corrected chi connectivity index (χ0v) is 12.2. The van der Waals surface area contributed by atoms with Crippen LogP contribution in [0.3, 0.4) is 0 Å². The number of nitrogens with two attached hydrogens (primary N) is 1. The minimum Gasteiger partial charge on any atom is -0.394 e. The van der Waals surface area contributed by atoms with Gasteiger partial charge in [0, 0.05) is 18.1 Å². The second-order valence-corrected chi connectivity index (χ2v) is 7.21. The number of aliphatic hydroxyl groups excluding tert-OH is 1. The molecule has 3 atom stereocenters. The summed E-state index contributed by atoms with van der Waals surface area (Å²) in [5.74, 6) is 0.781. The maximum absolute atomic E-state index is 9.22. The Morgan fingerprint density at radius 1 is 1.35 bits per heavy atom. The second kappa shape index (κ2) is 5.25. The highest BCUT2D eigenvalue weighted by Crippen LogP contribution is 2.34. The molecule has 0 aromatic carbocycles. The van der Waals surface area contributed by atoms with E-state index >= 15 is 0 Å². The van der Waals surface area contributed by atoms with Crippen molar-refractivity contribution in [2.24, 2.45) is 17.1 Å². The molecule has 0 aliphatic carbocycles. The topological polar surface area (TPSA) is 49.5 Å². The summed E-state index contributed by atoms with van der Waals surface area (Å²) in [6.07, 6.45) is 2.15. The van der Waals surface area contributed by atoms with Gasteiger partial charge in [0.05, 0.1) is 6.61 Å². The van der Waals surface area contributed by atoms with E-state index in [1.165, 1.54) is 19.5 Å². The first-order chi connectivity index (χ1) is 7.65. The first kappa shape index (κ1) is 14.9. The van der Waals surface area contributed by atoms with Crippen LogP contribution in [0.25, 0.3) is 0 Å². The Labute approximate surface area is 106 Å². The fourth-order valence-electron chi connectivity index (χ4n) is 2.76. The molecule has 1 fully saturated rings. The van der Waals surface area contributed by atoms with Gasteiger partial charge in [0.25, 0.3) is 0 Å². The van der Waals surface area contributed by atoms with Crippen LogP contribution in [0.1, 0.15) is 47.5 Å². The number of nitrogens with zero attached hydrogens (tertiary/aromatic N) is 1. The summed E-state index contributed by atoms with van der Waals surface area (Å²) >= 11 is 0. The number of hydrogen-bond acceptors (Lipinski definition) is 3. The molecule has 1 aliphatic heterocycles. The Balaban J connectivity index is 2.49. The van der Waals surface area contributed by atoms with Crippen LogP contribution in [0.4, 0.5) is 0 Å². The summed E-state index contributed by atoms with van der Waals surface area (Å²) < 4.78 is 0. The van der Waals surface area contributed by atoms with Gasteiger partial charge in [-0.1, -0.05) is 20.8 Å². The Kier molecular flexibility index (Phi) is 4.61. The maximum Gasteiger partial charge on any atom is 0.0609 e. The van der Waals surface area contributed by atoms with E-state index in [9.17, 15) is 5.11 Å². The van der Waals surface area contributed by atoms with E-state index in [4.69, 9.17) is 5.73 Å². The van der Waals surface area contributed by atoms with Crippen molar-refractivity contribution in [3.63, 3.8) is 0 Å². The summed E-state index contributed by atoms with van der Waals surface area (Å²) in [5, 5.41) is 9.22. The highest BCUT2D eigenvalue weighted by molar-refractivity contribution is 4.89. The van der Waals surface area contributed by atoms with E-state index in [2.05, 4.69) is 32.6 Å². The normalized spacial score (nSPS) is 28.1. The van der Waals surface area contributed by atoms with Crippen LogP contribution in [-0.4, -0.2) is 41.3 Å². The summed E-state index contributed by atoms with van der Waals surface area (Å²) in [5.41, 5.74) is 5.98. The number of hydrogen-bond donors (Lipinski definition) is 2. The standard InChI is InChI=1S/C14H30N2O/c1-11(8-14(5,15)10-17)16-7-6-12(9-16)13(2,3)4/h11-12,17H,6-10,15H2,1-5H3. The molecule has 17 heavy (non-hydrogen) atoms. The van der Waals surface area contributed by atoms with Gasteiger partial charge in [0.2, 0.25) is 0 Å². The van der Waals surface area contributed by atoms with Crippen LogP contribution in [0.5, 0.6) is 0 Å². The molecule has 1 saturated heterocycles. The zero-order valence-electron chi connectivity index (χ0n) is 12.2. The highest BCUT2D eigenvalue weighted by Gasteiger charge is 2.34. The second-order valence-electron chi connectivity index (χ2n) is 7.21. The number of likely N-dealkylation sites (tertiary alicyclic amines) is 1. The Bertz CT molecular complexity index is 245. The quantitative estimate of drug-likeness (QED) is 0.791. The lowest BCUT2D eigenvalue weighted by molar-refractivity contribution is 0.142. The van der Waals surface area contributed by atoms with Gasteiger partial charge in [-0.3, -0.25) is 0 Å². The van der Waals surface area contributed by atoms with Crippen LogP contribution < -0.4 is 5.73 Å². The Hall–Kier alpha value is -0.120. The van der Waals surface area contributed by atoms with Gasteiger partial charge < -0.3 is 15.7 Å². The van der Waals surface area contributed by atoms with E-state index in [1.807, 2.05) is 6.92 Å². The lowest BCUT2D eigenvalue weighted by atomic mass is 9.80. The van der Waals surface area contributed by atoms with E-state index in [0.717, 1.165) is 12.3 Å². The smallest absolute Gasteiger partial charge is 0.0609 e. The third kappa shape index (κ3) is 4.23. The average molecular weight is 242 g/mol. The molecule has 0 bridgehead atoms. The maximum atomic E-state index is 9.22. The molecule has 102 valence electrons. The van der Waals surface area contributed by atoms with Crippen molar-refractivity contribution in [3.05, 3.63) is 0 Å².